The van der Waals surface area contributed by atoms with Gasteiger partial charge in [0.05, 0.1) is 12.3 Å². The van der Waals surface area contributed by atoms with Crippen molar-refractivity contribution in [3.8, 4) is 0 Å². The molecule has 1 aromatic carbocycles. The van der Waals surface area contributed by atoms with Gasteiger partial charge in [0.15, 0.2) is 5.76 Å². The van der Waals surface area contributed by atoms with E-state index in [-0.39, 0.29) is 41.6 Å². The fraction of sp³-hybridized carbons (Fsp3) is 0.409. The highest BCUT2D eigenvalue weighted by Crippen LogP contribution is 2.26. The summed E-state index contributed by atoms with van der Waals surface area (Å²) in [7, 11) is 0. The number of fused-ring (bicyclic) bond motifs is 1. The summed E-state index contributed by atoms with van der Waals surface area (Å²) in [6, 6.07) is 12.7. The molecule has 0 radical (unpaired) electrons. The van der Waals surface area contributed by atoms with Crippen LogP contribution in [-0.2, 0) is 16.1 Å². The average molecular weight is 410 g/mol. The van der Waals surface area contributed by atoms with Crippen LogP contribution in [0.1, 0.15) is 35.4 Å². The highest BCUT2D eigenvalue weighted by Gasteiger charge is 2.43. The van der Waals surface area contributed by atoms with Crippen molar-refractivity contribution in [1.82, 2.24) is 20.9 Å². The van der Waals surface area contributed by atoms with Crippen LogP contribution < -0.4 is 16.0 Å². The zero-order chi connectivity index (χ0) is 20.9. The van der Waals surface area contributed by atoms with Gasteiger partial charge in [-0.15, -0.1) is 0 Å². The maximum atomic E-state index is 12.3. The van der Waals surface area contributed by atoms with E-state index in [4.69, 9.17) is 4.42 Å². The number of benzene rings is 1. The van der Waals surface area contributed by atoms with E-state index >= 15 is 0 Å². The SMILES string of the molecule is O=C(CC[C@@H]1CNC(=O)[C@@H]2C[C@H](NC(=O)c3ccco3)CN12)NCc1ccccc1. The summed E-state index contributed by atoms with van der Waals surface area (Å²) >= 11 is 0. The van der Waals surface area contributed by atoms with Crippen LogP contribution in [0.5, 0.6) is 0 Å². The number of nitrogens with one attached hydrogen (secondary N) is 3. The lowest BCUT2D eigenvalue weighted by Crippen LogP contribution is -2.58. The van der Waals surface area contributed by atoms with Gasteiger partial charge in [-0.3, -0.25) is 19.3 Å². The highest BCUT2D eigenvalue weighted by molar-refractivity contribution is 5.91. The molecular formula is C22H26N4O4. The van der Waals surface area contributed by atoms with Gasteiger partial charge in [0, 0.05) is 38.1 Å². The van der Waals surface area contributed by atoms with Gasteiger partial charge in [-0.1, -0.05) is 30.3 Å². The Hall–Kier alpha value is -3.13. The maximum Gasteiger partial charge on any atom is 0.287 e. The Balaban J connectivity index is 1.28. The molecule has 2 saturated heterocycles. The fourth-order valence-electron chi connectivity index (χ4n) is 4.20. The first-order chi connectivity index (χ1) is 14.6. The number of nitrogens with zero attached hydrogens (tertiary/aromatic N) is 1. The van der Waals surface area contributed by atoms with Crippen LogP contribution in [0.15, 0.2) is 53.1 Å². The topological polar surface area (TPSA) is 104 Å². The van der Waals surface area contributed by atoms with Gasteiger partial charge in [-0.2, -0.15) is 0 Å². The third kappa shape index (κ3) is 4.71. The van der Waals surface area contributed by atoms with Gasteiger partial charge in [-0.25, -0.2) is 0 Å². The van der Waals surface area contributed by atoms with Gasteiger partial charge in [0.2, 0.25) is 11.8 Å². The first-order valence-electron chi connectivity index (χ1n) is 10.3. The highest BCUT2D eigenvalue weighted by atomic mass is 16.3. The molecule has 2 fully saturated rings. The largest absolute Gasteiger partial charge is 0.459 e. The molecule has 3 atom stereocenters. The Morgan fingerprint density at radius 1 is 1.17 bits per heavy atom. The molecule has 30 heavy (non-hydrogen) atoms. The predicted octanol–water partition coefficient (Wildman–Crippen LogP) is 1.05. The van der Waals surface area contributed by atoms with Crippen molar-refractivity contribution in [1.29, 1.82) is 0 Å². The van der Waals surface area contributed by atoms with Gasteiger partial charge >= 0.3 is 0 Å². The molecule has 158 valence electrons. The summed E-state index contributed by atoms with van der Waals surface area (Å²) in [5.74, 6) is -0.0400. The van der Waals surface area contributed by atoms with Gasteiger partial charge < -0.3 is 20.4 Å². The molecule has 4 rings (SSSR count). The lowest BCUT2D eigenvalue weighted by Gasteiger charge is -2.37. The Labute approximate surface area is 175 Å². The normalized spacial score (nSPS) is 23.5. The number of furan rings is 1. The number of hydrogen-bond acceptors (Lipinski definition) is 5. The summed E-state index contributed by atoms with van der Waals surface area (Å²) in [6.07, 6.45) is 3.05. The summed E-state index contributed by atoms with van der Waals surface area (Å²) in [6.45, 7) is 1.61. The maximum absolute atomic E-state index is 12.3. The van der Waals surface area contributed by atoms with E-state index in [0.29, 0.717) is 38.9 Å². The molecular weight excluding hydrogens is 384 g/mol. The standard InChI is InChI=1S/C22H26N4O4/c27-20(23-12-15-5-2-1-3-6-15)9-8-17-13-24-21(28)18-11-16(14-26(17)18)25-22(29)19-7-4-10-30-19/h1-7,10,16-18H,8-9,11-14H2,(H,23,27)(H,24,28)(H,25,29)/t16-,17+,18-/m0/s1. The van der Waals surface area contributed by atoms with Crippen molar-refractivity contribution in [2.24, 2.45) is 0 Å². The van der Waals surface area contributed by atoms with Gasteiger partial charge in [0.25, 0.3) is 5.91 Å². The molecule has 1 aromatic heterocycles. The van der Waals surface area contributed by atoms with Crippen LogP contribution in [0.2, 0.25) is 0 Å². The summed E-state index contributed by atoms with van der Waals surface area (Å²) in [5, 5.41) is 8.84. The van der Waals surface area contributed by atoms with Crippen LogP contribution in [0.4, 0.5) is 0 Å². The average Bonchev–Trinajstić information content (AvgIpc) is 3.43. The van der Waals surface area contributed by atoms with Gasteiger partial charge in [0.1, 0.15) is 0 Å². The Kier molecular flexibility index (Phi) is 6.13. The number of piperazine rings is 1. The molecule has 0 aliphatic carbocycles. The van der Waals surface area contributed by atoms with Crippen LogP contribution in [-0.4, -0.2) is 53.8 Å². The molecule has 8 heteroatoms. The van der Waals surface area contributed by atoms with Gasteiger partial charge in [-0.05, 0) is 30.5 Å². The van der Waals surface area contributed by atoms with Crippen molar-refractivity contribution >= 4 is 17.7 Å². The smallest absolute Gasteiger partial charge is 0.287 e. The monoisotopic (exact) mass is 410 g/mol. The summed E-state index contributed by atoms with van der Waals surface area (Å²) in [5.41, 5.74) is 1.06. The molecule has 0 saturated carbocycles. The summed E-state index contributed by atoms with van der Waals surface area (Å²) < 4.78 is 5.14. The first kappa shape index (κ1) is 20.2. The van der Waals surface area contributed by atoms with E-state index < -0.39 is 0 Å². The molecule has 2 aromatic rings. The zero-order valence-electron chi connectivity index (χ0n) is 16.7. The predicted molar refractivity (Wildman–Crippen MR) is 109 cm³/mol. The second-order valence-electron chi connectivity index (χ2n) is 7.80. The zero-order valence-corrected chi connectivity index (χ0v) is 16.7. The molecule has 0 bridgehead atoms. The number of amides is 3. The van der Waals surface area contributed by atoms with E-state index in [1.807, 2.05) is 30.3 Å². The third-order valence-electron chi connectivity index (χ3n) is 5.74. The van der Waals surface area contributed by atoms with Crippen molar-refractivity contribution in [2.75, 3.05) is 13.1 Å². The van der Waals surface area contributed by atoms with Crippen LogP contribution >= 0.6 is 0 Å². The number of carbonyl (C=O) groups excluding carboxylic acids is 3. The van der Waals surface area contributed by atoms with E-state index in [1.54, 1.807) is 12.1 Å². The molecule has 3 N–H and O–H groups in total. The van der Waals surface area contributed by atoms with Crippen molar-refractivity contribution < 1.29 is 18.8 Å². The van der Waals surface area contributed by atoms with Crippen molar-refractivity contribution in [2.45, 2.75) is 43.9 Å². The van der Waals surface area contributed by atoms with E-state index in [0.717, 1.165) is 5.56 Å². The Morgan fingerprint density at radius 2 is 2.00 bits per heavy atom. The first-order valence-corrected chi connectivity index (χ1v) is 10.3. The van der Waals surface area contributed by atoms with Crippen LogP contribution in [0, 0.1) is 0 Å². The number of rotatable bonds is 7. The van der Waals surface area contributed by atoms with Crippen LogP contribution in [0.3, 0.4) is 0 Å². The fourth-order valence-corrected chi connectivity index (χ4v) is 4.20. The minimum absolute atomic E-state index is 0.00540. The minimum Gasteiger partial charge on any atom is -0.459 e. The number of hydrogen-bond donors (Lipinski definition) is 3. The van der Waals surface area contributed by atoms with E-state index in [2.05, 4.69) is 20.9 Å². The van der Waals surface area contributed by atoms with Crippen molar-refractivity contribution in [3.63, 3.8) is 0 Å². The number of carbonyl (C=O) groups is 3. The second-order valence-corrected chi connectivity index (χ2v) is 7.80. The second kappa shape index (κ2) is 9.13. The Morgan fingerprint density at radius 3 is 2.77 bits per heavy atom. The van der Waals surface area contributed by atoms with Crippen molar-refractivity contribution in [3.05, 3.63) is 60.1 Å². The lowest BCUT2D eigenvalue weighted by atomic mass is 10.0. The van der Waals surface area contributed by atoms with E-state index in [9.17, 15) is 14.4 Å². The summed E-state index contributed by atoms with van der Waals surface area (Å²) in [4.78, 5) is 39.0. The minimum atomic E-state index is -0.280. The molecule has 0 unspecified atom stereocenters. The molecule has 2 aliphatic heterocycles. The molecule has 0 spiro atoms. The Bertz CT molecular complexity index is 884. The molecule has 2 aliphatic rings. The third-order valence-corrected chi connectivity index (χ3v) is 5.74. The quantitative estimate of drug-likeness (QED) is 0.633. The molecule has 8 nitrogen and oxygen atoms in total. The van der Waals surface area contributed by atoms with Crippen LogP contribution in [0.25, 0.3) is 0 Å². The molecule has 3 amide bonds. The molecule has 3 heterocycles. The lowest BCUT2D eigenvalue weighted by molar-refractivity contribution is -0.129. The van der Waals surface area contributed by atoms with E-state index in [1.165, 1.54) is 6.26 Å².